The van der Waals surface area contributed by atoms with Crippen LogP contribution >= 0.6 is 0 Å². The van der Waals surface area contributed by atoms with Crippen molar-refractivity contribution in [3.05, 3.63) is 82.3 Å². The summed E-state index contributed by atoms with van der Waals surface area (Å²) >= 11 is 0. The standard InChI is InChI=1S/C22H20F2N4O2/c1-14(5-4-10-27-20-7-3-2-6-18(20)26-22(27)30)21(29)28-19(8-9-25-28)15-11-16(23)13-17(24)12-15/h2-3,6-7,9,11-13,19H,1,4-5,8,10H2,(H,26,30). The van der Waals surface area contributed by atoms with E-state index < -0.39 is 23.6 Å². The summed E-state index contributed by atoms with van der Waals surface area (Å²) in [7, 11) is 0. The molecule has 8 heteroatoms. The predicted octanol–water partition coefficient (Wildman–Crippen LogP) is 3.90. The second-order valence-electron chi connectivity index (χ2n) is 7.21. The summed E-state index contributed by atoms with van der Waals surface area (Å²) in [6.45, 7) is 4.29. The first-order chi connectivity index (χ1) is 14.4. The van der Waals surface area contributed by atoms with Crippen LogP contribution in [-0.2, 0) is 11.3 Å². The number of hydrogen-bond donors (Lipinski definition) is 1. The summed E-state index contributed by atoms with van der Waals surface area (Å²) in [6, 6.07) is 10.0. The highest BCUT2D eigenvalue weighted by molar-refractivity contribution is 5.94. The third-order valence-electron chi connectivity index (χ3n) is 5.15. The molecule has 3 aromatic rings. The molecule has 1 unspecified atom stereocenters. The average molecular weight is 410 g/mol. The fourth-order valence-corrected chi connectivity index (χ4v) is 3.70. The smallest absolute Gasteiger partial charge is 0.306 e. The monoisotopic (exact) mass is 410 g/mol. The fourth-order valence-electron chi connectivity index (χ4n) is 3.70. The number of hydrazone groups is 1. The zero-order valence-electron chi connectivity index (χ0n) is 16.1. The number of benzene rings is 2. The summed E-state index contributed by atoms with van der Waals surface area (Å²) in [5.41, 5.74) is 2.02. The molecule has 0 spiro atoms. The van der Waals surface area contributed by atoms with Gasteiger partial charge in [-0.2, -0.15) is 5.10 Å². The molecule has 154 valence electrons. The van der Waals surface area contributed by atoms with E-state index in [1.807, 2.05) is 24.3 Å². The molecule has 1 amide bonds. The average Bonchev–Trinajstić information content (AvgIpc) is 3.31. The van der Waals surface area contributed by atoms with Gasteiger partial charge in [-0.15, -0.1) is 0 Å². The van der Waals surface area contributed by atoms with E-state index in [1.54, 1.807) is 10.8 Å². The number of hydrogen-bond acceptors (Lipinski definition) is 3. The SMILES string of the molecule is C=C(CCCn1c(=O)[nH]c2ccccc21)C(=O)N1N=CCC1c1cc(F)cc(F)c1. The minimum Gasteiger partial charge on any atom is -0.306 e. The molecule has 1 atom stereocenters. The molecule has 1 N–H and O–H groups in total. The molecular weight excluding hydrogens is 390 g/mol. The molecule has 30 heavy (non-hydrogen) atoms. The van der Waals surface area contributed by atoms with Gasteiger partial charge in [0.25, 0.3) is 5.91 Å². The maximum Gasteiger partial charge on any atom is 0.326 e. The highest BCUT2D eigenvalue weighted by Crippen LogP contribution is 2.30. The van der Waals surface area contributed by atoms with Crippen LogP contribution in [0, 0.1) is 11.6 Å². The third-order valence-corrected chi connectivity index (χ3v) is 5.15. The van der Waals surface area contributed by atoms with E-state index in [0.717, 1.165) is 17.1 Å². The van der Waals surface area contributed by atoms with Gasteiger partial charge in [0.05, 0.1) is 17.1 Å². The highest BCUT2D eigenvalue weighted by Gasteiger charge is 2.30. The topological polar surface area (TPSA) is 70.5 Å². The Morgan fingerprint density at radius 3 is 2.70 bits per heavy atom. The lowest BCUT2D eigenvalue weighted by atomic mass is 10.0. The van der Waals surface area contributed by atoms with Gasteiger partial charge >= 0.3 is 5.69 Å². The Bertz CT molecular complexity index is 1190. The van der Waals surface area contributed by atoms with E-state index in [2.05, 4.69) is 16.7 Å². The van der Waals surface area contributed by atoms with E-state index >= 15 is 0 Å². The van der Waals surface area contributed by atoms with Gasteiger partial charge in [0.2, 0.25) is 0 Å². The maximum atomic E-state index is 13.6. The van der Waals surface area contributed by atoms with Gasteiger partial charge in [-0.3, -0.25) is 9.36 Å². The first-order valence-electron chi connectivity index (χ1n) is 9.61. The molecule has 0 radical (unpaired) electrons. The molecule has 0 aliphatic carbocycles. The molecule has 0 saturated carbocycles. The van der Waals surface area contributed by atoms with Crippen LogP contribution in [0.5, 0.6) is 0 Å². The molecule has 0 saturated heterocycles. The van der Waals surface area contributed by atoms with E-state index in [9.17, 15) is 18.4 Å². The van der Waals surface area contributed by atoms with Crippen molar-refractivity contribution in [1.82, 2.24) is 14.6 Å². The molecule has 0 bridgehead atoms. The van der Waals surface area contributed by atoms with Crippen LogP contribution in [0.3, 0.4) is 0 Å². The van der Waals surface area contributed by atoms with Gasteiger partial charge in [0.1, 0.15) is 11.6 Å². The normalized spacial score (nSPS) is 15.8. The van der Waals surface area contributed by atoms with Crippen molar-refractivity contribution >= 4 is 23.2 Å². The van der Waals surface area contributed by atoms with E-state index in [-0.39, 0.29) is 5.69 Å². The number of para-hydroxylation sites is 2. The number of fused-ring (bicyclic) bond motifs is 1. The van der Waals surface area contributed by atoms with Crippen LogP contribution in [0.1, 0.15) is 30.9 Å². The van der Waals surface area contributed by atoms with Gasteiger partial charge in [-0.1, -0.05) is 18.7 Å². The van der Waals surface area contributed by atoms with Crippen molar-refractivity contribution in [3.63, 3.8) is 0 Å². The Morgan fingerprint density at radius 2 is 1.93 bits per heavy atom. The second-order valence-corrected chi connectivity index (χ2v) is 7.21. The van der Waals surface area contributed by atoms with Crippen molar-refractivity contribution in [1.29, 1.82) is 0 Å². The Kier molecular flexibility index (Phi) is 5.31. The molecule has 1 aliphatic rings. The number of imidazole rings is 1. The molecule has 4 rings (SSSR count). The molecule has 1 aromatic heterocycles. The Labute approximate surface area is 171 Å². The summed E-state index contributed by atoms with van der Waals surface area (Å²) in [5.74, 6) is -1.80. The van der Waals surface area contributed by atoms with Crippen LogP contribution in [0.4, 0.5) is 8.78 Å². The summed E-state index contributed by atoms with van der Waals surface area (Å²) < 4.78 is 28.8. The molecule has 6 nitrogen and oxygen atoms in total. The second kappa shape index (κ2) is 8.06. The lowest BCUT2D eigenvalue weighted by Crippen LogP contribution is -2.28. The Hall–Kier alpha value is -3.55. The first kappa shape index (κ1) is 19.8. The first-order valence-corrected chi connectivity index (χ1v) is 9.61. The fraction of sp³-hybridized carbons (Fsp3) is 0.227. The van der Waals surface area contributed by atoms with Gasteiger partial charge in [0.15, 0.2) is 0 Å². The van der Waals surface area contributed by atoms with Gasteiger partial charge in [-0.25, -0.2) is 18.6 Å². The quantitative estimate of drug-likeness (QED) is 0.626. The van der Waals surface area contributed by atoms with Crippen LogP contribution < -0.4 is 5.69 Å². The zero-order chi connectivity index (χ0) is 21.3. The molecule has 0 fully saturated rings. The molecule has 2 aromatic carbocycles. The number of aryl methyl sites for hydroxylation is 1. The number of H-pyrrole nitrogens is 1. The van der Waals surface area contributed by atoms with Crippen LogP contribution in [0.2, 0.25) is 0 Å². The minimum absolute atomic E-state index is 0.203. The minimum atomic E-state index is -0.702. The number of rotatable bonds is 6. The number of halogens is 2. The zero-order valence-corrected chi connectivity index (χ0v) is 16.1. The van der Waals surface area contributed by atoms with Gasteiger partial charge in [0, 0.05) is 30.8 Å². The van der Waals surface area contributed by atoms with E-state index in [0.29, 0.717) is 36.9 Å². The van der Waals surface area contributed by atoms with Gasteiger partial charge < -0.3 is 4.98 Å². The van der Waals surface area contributed by atoms with Crippen molar-refractivity contribution in [2.75, 3.05) is 0 Å². The van der Waals surface area contributed by atoms with Crippen LogP contribution in [-0.4, -0.2) is 26.7 Å². The highest BCUT2D eigenvalue weighted by atomic mass is 19.1. The molecular formula is C22H20F2N4O2. The number of aromatic amines is 1. The number of carbonyl (C=O) groups excluding carboxylic acids is 1. The van der Waals surface area contributed by atoms with E-state index in [1.165, 1.54) is 17.1 Å². The van der Waals surface area contributed by atoms with E-state index in [4.69, 9.17) is 0 Å². The van der Waals surface area contributed by atoms with Crippen LogP contribution in [0.15, 0.2) is 64.5 Å². The summed E-state index contributed by atoms with van der Waals surface area (Å²) in [6.07, 6.45) is 2.81. The number of aromatic nitrogens is 2. The summed E-state index contributed by atoms with van der Waals surface area (Å²) in [5, 5.41) is 5.30. The maximum absolute atomic E-state index is 13.6. The Balaban J connectivity index is 1.42. The molecule has 1 aliphatic heterocycles. The lowest BCUT2D eigenvalue weighted by molar-refractivity contribution is -0.129. The number of nitrogens with zero attached hydrogens (tertiary/aromatic N) is 3. The third kappa shape index (κ3) is 3.80. The van der Waals surface area contributed by atoms with Crippen molar-refractivity contribution in [3.8, 4) is 0 Å². The van der Waals surface area contributed by atoms with Crippen LogP contribution in [0.25, 0.3) is 11.0 Å². The summed E-state index contributed by atoms with van der Waals surface area (Å²) in [4.78, 5) is 27.8. The van der Waals surface area contributed by atoms with Crippen molar-refractivity contribution in [2.24, 2.45) is 5.10 Å². The number of nitrogens with one attached hydrogen (secondary N) is 1. The van der Waals surface area contributed by atoms with Gasteiger partial charge in [-0.05, 0) is 42.7 Å². The van der Waals surface area contributed by atoms with Crippen molar-refractivity contribution in [2.45, 2.75) is 31.8 Å². The Morgan fingerprint density at radius 1 is 1.20 bits per heavy atom. The number of amides is 1. The largest absolute Gasteiger partial charge is 0.326 e. The number of carbonyl (C=O) groups is 1. The predicted molar refractivity (Wildman–Crippen MR) is 110 cm³/mol. The lowest BCUT2D eigenvalue weighted by Gasteiger charge is -2.23. The molecule has 2 heterocycles. The van der Waals surface area contributed by atoms with Crippen molar-refractivity contribution < 1.29 is 13.6 Å².